The molecule has 5 rings (SSSR count). The highest BCUT2D eigenvalue weighted by atomic mass is 32.1. The second-order valence-corrected chi connectivity index (χ2v) is 10.5. The predicted octanol–water partition coefficient (Wildman–Crippen LogP) is 4.79. The molecular formula is C23H28N4OS2. The molecule has 1 saturated heterocycles. The van der Waals surface area contributed by atoms with Gasteiger partial charge in [0.15, 0.2) is 0 Å². The van der Waals surface area contributed by atoms with Gasteiger partial charge in [-0.2, -0.15) is 0 Å². The molecule has 3 aromatic heterocycles. The zero-order valence-corrected chi connectivity index (χ0v) is 19.3. The van der Waals surface area contributed by atoms with Crippen LogP contribution >= 0.6 is 22.7 Å². The highest BCUT2D eigenvalue weighted by Crippen LogP contribution is 2.41. The van der Waals surface area contributed by atoms with Crippen molar-refractivity contribution in [3.63, 3.8) is 0 Å². The lowest BCUT2D eigenvalue weighted by Crippen LogP contribution is -2.49. The van der Waals surface area contributed by atoms with E-state index in [1.807, 2.05) is 33.7 Å². The fourth-order valence-electron chi connectivity index (χ4n) is 4.61. The molecule has 1 fully saturated rings. The molecule has 4 heterocycles. The van der Waals surface area contributed by atoms with Gasteiger partial charge in [-0.3, -0.25) is 4.79 Å². The Hall–Kier alpha value is -1.99. The third-order valence-corrected chi connectivity index (χ3v) is 8.26. The minimum Gasteiger partial charge on any atom is -0.352 e. The number of amides is 1. The SMILES string of the molecule is CCCc1nc(N2CCN(C(=O)c3cccs3)CC2)c2c3c(sc2n1)C[C@H](C)CC3. The van der Waals surface area contributed by atoms with Gasteiger partial charge < -0.3 is 9.80 Å². The van der Waals surface area contributed by atoms with Crippen molar-refractivity contribution >= 4 is 44.6 Å². The van der Waals surface area contributed by atoms with Crippen molar-refractivity contribution in [2.75, 3.05) is 31.1 Å². The van der Waals surface area contributed by atoms with Crippen LogP contribution in [0, 0.1) is 5.92 Å². The van der Waals surface area contributed by atoms with E-state index in [0.29, 0.717) is 0 Å². The highest BCUT2D eigenvalue weighted by molar-refractivity contribution is 7.19. The molecule has 1 amide bonds. The summed E-state index contributed by atoms with van der Waals surface area (Å²) in [6, 6.07) is 3.87. The van der Waals surface area contributed by atoms with Gasteiger partial charge in [0, 0.05) is 37.5 Å². The molecule has 0 spiro atoms. The average Bonchev–Trinajstić information content (AvgIpc) is 3.40. The summed E-state index contributed by atoms with van der Waals surface area (Å²) in [5, 5.41) is 3.26. The van der Waals surface area contributed by atoms with Crippen LogP contribution in [0.15, 0.2) is 17.5 Å². The van der Waals surface area contributed by atoms with Gasteiger partial charge in [0.1, 0.15) is 16.5 Å². The van der Waals surface area contributed by atoms with Crippen LogP contribution < -0.4 is 4.90 Å². The molecule has 0 saturated carbocycles. The van der Waals surface area contributed by atoms with E-state index in [4.69, 9.17) is 9.97 Å². The first-order chi connectivity index (χ1) is 14.6. The molecule has 0 aromatic carbocycles. The Balaban J connectivity index is 1.45. The smallest absolute Gasteiger partial charge is 0.264 e. The van der Waals surface area contributed by atoms with E-state index < -0.39 is 0 Å². The minimum absolute atomic E-state index is 0.158. The summed E-state index contributed by atoms with van der Waals surface area (Å²) in [5.74, 6) is 2.98. The monoisotopic (exact) mass is 440 g/mol. The van der Waals surface area contributed by atoms with E-state index in [1.165, 1.54) is 44.8 Å². The number of hydrogen-bond donors (Lipinski definition) is 0. The van der Waals surface area contributed by atoms with Crippen LogP contribution in [0.4, 0.5) is 5.82 Å². The summed E-state index contributed by atoms with van der Waals surface area (Å²) in [7, 11) is 0. The Kier molecular flexibility index (Phi) is 5.50. The number of carbonyl (C=O) groups is 1. The van der Waals surface area contributed by atoms with Crippen molar-refractivity contribution in [1.82, 2.24) is 14.9 Å². The lowest BCUT2D eigenvalue weighted by molar-refractivity contribution is 0.0751. The van der Waals surface area contributed by atoms with Crippen LogP contribution in [0.3, 0.4) is 0 Å². The molecule has 1 aliphatic heterocycles. The summed E-state index contributed by atoms with van der Waals surface area (Å²) in [6.07, 6.45) is 5.52. The van der Waals surface area contributed by atoms with Gasteiger partial charge in [0.25, 0.3) is 5.91 Å². The van der Waals surface area contributed by atoms with Crippen molar-refractivity contribution in [2.24, 2.45) is 5.92 Å². The standard InChI is InChI=1S/C23H28N4OS2/c1-3-5-19-24-21(20-16-8-7-15(2)14-18(16)30-22(20)25-19)26-9-11-27(12-10-26)23(28)17-6-4-13-29-17/h4,6,13,15H,3,5,7-12,14H2,1-2H3/t15-/m1/s1. The number of hydrogen-bond acceptors (Lipinski definition) is 6. The Morgan fingerprint density at radius 1 is 1.23 bits per heavy atom. The van der Waals surface area contributed by atoms with E-state index in [1.54, 1.807) is 0 Å². The molecular weight excluding hydrogens is 412 g/mol. The Morgan fingerprint density at radius 3 is 2.80 bits per heavy atom. The number of anilines is 1. The first-order valence-electron chi connectivity index (χ1n) is 11.0. The maximum atomic E-state index is 12.7. The van der Waals surface area contributed by atoms with E-state index in [9.17, 15) is 4.79 Å². The second kappa shape index (κ2) is 8.27. The highest BCUT2D eigenvalue weighted by Gasteiger charge is 2.29. The van der Waals surface area contributed by atoms with Crippen molar-refractivity contribution in [1.29, 1.82) is 0 Å². The molecule has 0 N–H and O–H groups in total. The third kappa shape index (κ3) is 3.62. The minimum atomic E-state index is 0.158. The van der Waals surface area contributed by atoms with Crippen LogP contribution in [0.1, 0.15) is 52.6 Å². The first-order valence-corrected chi connectivity index (χ1v) is 12.7. The largest absolute Gasteiger partial charge is 0.352 e. The summed E-state index contributed by atoms with van der Waals surface area (Å²) < 4.78 is 0. The first kappa shape index (κ1) is 19.9. The molecule has 2 aliphatic rings. The lowest BCUT2D eigenvalue weighted by Gasteiger charge is -2.35. The fourth-order valence-corrected chi connectivity index (χ4v) is 6.69. The lowest BCUT2D eigenvalue weighted by atomic mass is 9.89. The quantitative estimate of drug-likeness (QED) is 0.585. The Bertz CT molecular complexity index is 1050. The molecule has 0 unspecified atom stereocenters. The van der Waals surface area contributed by atoms with Crippen molar-refractivity contribution in [3.05, 3.63) is 38.7 Å². The number of carbonyl (C=O) groups excluding carboxylic acids is 1. The number of rotatable bonds is 4. The van der Waals surface area contributed by atoms with Crippen LogP contribution in [0.25, 0.3) is 10.2 Å². The topological polar surface area (TPSA) is 49.3 Å². The molecule has 3 aromatic rings. The molecule has 0 bridgehead atoms. The van der Waals surface area contributed by atoms with Crippen molar-refractivity contribution in [2.45, 2.75) is 46.0 Å². The van der Waals surface area contributed by atoms with Crippen LogP contribution in [0.2, 0.25) is 0 Å². The molecule has 1 aliphatic carbocycles. The van der Waals surface area contributed by atoms with Gasteiger partial charge in [-0.1, -0.05) is 19.9 Å². The average molecular weight is 441 g/mol. The van der Waals surface area contributed by atoms with Gasteiger partial charge in [-0.15, -0.1) is 22.7 Å². The van der Waals surface area contributed by atoms with Gasteiger partial charge in [0.2, 0.25) is 0 Å². The Morgan fingerprint density at radius 2 is 2.07 bits per heavy atom. The van der Waals surface area contributed by atoms with E-state index in [-0.39, 0.29) is 5.91 Å². The van der Waals surface area contributed by atoms with Gasteiger partial charge in [0.05, 0.1) is 10.3 Å². The number of piperazine rings is 1. The predicted molar refractivity (Wildman–Crippen MR) is 125 cm³/mol. The summed E-state index contributed by atoms with van der Waals surface area (Å²) in [4.78, 5) is 30.6. The Labute approximate surface area is 185 Å². The number of nitrogens with zero attached hydrogens (tertiary/aromatic N) is 4. The molecule has 158 valence electrons. The van der Waals surface area contributed by atoms with E-state index in [2.05, 4.69) is 18.7 Å². The summed E-state index contributed by atoms with van der Waals surface area (Å²) >= 11 is 3.41. The fraction of sp³-hybridized carbons (Fsp3) is 0.522. The van der Waals surface area contributed by atoms with Crippen LogP contribution in [-0.2, 0) is 19.3 Å². The second-order valence-electron chi connectivity index (χ2n) is 8.50. The zero-order chi connectivity index (χ0) is 20.7. The van der Waals surface area contributed by atoms with E-state index in [0.717, 1.165) is 67.9 Å². The molecule has 0 radical (unpaired) electrons. The van der Waals surface area contributed by atoms with Gasteiger partial charge in [-0.05, 0) is 48.6 Å². The molecule has 5 nitrogen and oxygen atoms in total. The normalized spacial score (nSPS) is 19.3. The maximum Gasteiger partial charge on any atom is 0.264 e. The summed E-state index contributed by atoms with van der Waals surface area (Å²) in [5.41, 5.74) is 1.49. The number of fused-ring (bicyclic) bond motifs is 3. The van der Waals surface area contributed by atoms with Crippen LogP contribution in [0.5, 0.6) is 0 Å². The van der Waals surface area contributed by atoms with Crippen molar-refractivity contribution in [3.8, 4) is 0 Å². The van der Waals surface area contributed by atoms with Gasteiger partial charge >= 0.3 is 0 Å². The third-order valence-electron chi connectivity index (χ3n) is 6.25. The molecule has 1 atom stereocenters. The van der Waals surface area contributed by atoms with E-state index >= 15 is 0 Å². The number of aryl methyl sites for hydroxylation is 2. The van der Waals surface area contributed by atoms with Gasteiger partial charge in [-0.25, -0.2) is 9.97 Å². The number of aromatic nitrogens is 2. The summed E-state index contributed by atoms with van der Waals surface area (Å²) in [6.45, 7) is 7.69. The molecule has 30 heavy (non-hydrogen) atoms. The molecule has 7 heteroatoms. The van der Waals surface area contributed by atoms with Crippen molar-refractivity contribution < 1.29 is 4.79 Å². The van der Waals surface area contributed by atoms with Crippen LogP contribution in [-0.4, -0.2) is 47.0 Å². The maximum absolute atomic E-state index is 12.7. The number of thiophene rings is 2. The zero-order valence-electron chi connectivity index (χ0n) is 17.7.